The lowest BCUT2D eigenvalue weighted by molar-refractivity contribution is 0.0481. The molecule has 0 saturated carbocycles. The maximum atomic E-state index is 10.00. The van der Waals surface area contributed by atoms with Gasteiger partial charge in [0, 0.05) is 13.1 Å². The highest BCUT2D eigenvalue weighted by atomic mass is 16.3. The number of aliphatic hydroxyl groups is 1. The van der Waals surface area contributed by atoms with Gasteiger partial charge in [0.05, 0.1) is 18.0 Å². The molecule has 0 radical (unpaired) electrons. The van der Waals surface area contributed by atoms with Crippen LogP contribution in [0.1, 0.15) is 31.9 Å². The second-order valence-corrected chi connectivity index (χ2v) is 4.71. The van der Waals surface area contributed by atoms with Crippen LogP contribution in [0.3, 0.4) is 0 Å². The standard InChI is InChI=1S/C12H16N4O/c1-12(17)3-2-5-16(6-4-12)11-9-14-10(7-13)8-15-11/h8-9,17H,2-6H2,1H3. The zero-order valence-corrected chi connectivity index (χ0v) is 9.93. The van der Waals surface area contributed by atoms with E-state index in [1.54, 1.807) is 6.20 Å². The van der Waals surface area contributed by atoms with E-state index in [9.17, 15) is 5.11 Å². The number of nitrogens with zero attached hydrogens (tertiary/aromatic N) is 4. The van der Waals surface area contributed by atoms with E-state index < -0.39 is 5.60 Å². The van der Waals surface area contributed by atoms with Crippen LogP contribution < -0.4 is 4.90 Å². The Hall–Kier alpha value is -1.67. The van der Waals surface area contributed by atoms with Crippen molar-refractivity contribution in [2.24, 2.45) is 0 Å². The molecule has 1 aliphatic heterocycles. The molecule has 1 fully saturated rings. The van der Waals surface area contributed by atoms with Crippen LogP contribution in [0.25, 0.3) is 0 Å². The average Bonchev–Trinajstić information content (AvgIpc) is 2.50. The first kappa shape index (κ1) is 11.8. The normalized spacial score (nSPS) is 25.1. The molecule has 1 aromatic heterocycles. The topological polar surface area (TPSA) is 73.0 Å². The first-order valence-electron chi connectivity index (χ1n) is 5.80. The summed E-state index contributed by atoms with van der Waals surface area (Å²) < 4.78 is 0. The third kappa shape index (κ3) is 2.92. The van der Waals surface area contributed by atoms with E-state index in [2.05, 4.69) is 14.9 Å². The minimum atomic E-state index is -0.575. The monoisotopic (exact) mass is 232 g/mol. The molecular weight excluding hydrogens is 216 g/mol. The second-order valence-electron chi connectivity index (χ2n) is 4.71. The molecule has 5 heteroatoms. The lowest BCUT2D eigenvalue weighted by Gasteiger charge is -2.22. The molecule has 2 rings (SSSR count). The molecule has 90 valence electrons. The first-order valence-corrected chi connectivity index (χ1v) is 5.80. The van der Waals surface area contributed by atoms with Crippen LogP contribution in [0.4, 0.5) is 5.82 Å². The Morgan fingerprint density at radius 3 is 2.82 bits per heavy atom. The highest BCUT2D eigenvalue weighted by Crippen LogP contribution is 2.23. The predicted molar refractivity (Wildman–Crippen MR) is 63.4 cm³/mol. The molecule has 5 nitrogen and oxygen atoms in total. The van der Waals surface area contributed by atoms with Gasteiger partial charge in [-0.3, -0.25) is 0 Å². The number of nitriles is 1. The van der Waals surface area contributed by atoms with Crippen LogP contribution >= 0.6 is 0 Å². The van der Waals surface area contributed by atoms with Gasteiger partial charge in [0.15, 0.2) is 5.69 Å². The molecule has 0 bridgehead atoms. The Labute approximate surface area is 101 Å². The van der Waals surface area contributed by atoms with Crippen LogP contribution in [-0.2, 0) is 0 Å². The van der Waals surface area contributed by atoms with Gasteiger partial charge in [-0.15, -0.1) is 0 Å². The molecule has 0 aliphatic carbocycles. The van der Waals surface area contributed by atoms with E-state index in [4.69, 9.17) is 5.26 Å². The summed E-state index contributed by atoms with van der Waals surface area (Å²) in [6, 6.07) is 1.95. The highest BCUT2D eigenvalue weighted by Gasteiger charge is 2.25. The first-order chi connectivity index (χ1) is 8.11. The van der Waals surface area contributed by atoms with Crippen molar-refractivity contribution in [1.82, 2.24) is 9.97 Å². The number of hydrogen-bond donors (Lipinski definition) is 1. The minimum absolute atomic E-state index is 0.329. The highest BCUT2D eigenvalue weighted by molar-refractivity contribution is 5.37. The third-order valence-corrected chi connectivity index (χ3v) is 3.14. The van der Waals surface area contributed by atoms with Crippen molar-refractivity contribution < 1.29 is 5.11 Å². The van der Waals surface area contributed by atoms with E-state index in [1.165, 1.54) is 6.20 Å². The lowest BCUT2D eigenvalue weighted by Crippen LogP contribution is -2.28. The Bertz CT molecular complexity index is 421. The quantitative estimate of drug-likeness (QED) is 0.784. The van der Waals surface area contributed by atoms with Crippen molar-refractivity contribution in [2.75, 3.05) is 18.0 Å². The summed E-state index contributed by atoms with van der Waals surface area (Å²) >= 11 is 0. The second kappa shape index (κ2) is 4.68. The number of hydrogen-bond acceptors (Lipinski definition) is 5. The molecule has 1 saturated heterocycles. The molecule has 0 amide bonds. The van der Waals surface area contributed by atoms with Crippen molar-refractivity contribution in [3.05, 3.63) is 18.1 Å². The number of rotatable bonds is 1. The van der Waals surface area contributed by atoms with Crippen molar-refractivity contribution in [3.63, 3.8) is 0 Å². The van der Waals surface area contributed by atoms with Crippen molar-refractivity contribution in [2.45, 2.75) is 31.8 Å². The Morgan fingerprint density at radius 1 is 1.35 bits per heavy atom. The van der Waals surface area contributed by atoms with E-state index in [0.717, 1.165) is 38.2 Å². The van der Waals surface area contributed by atoms with Crippen molar-refractivity contribution >= 4 is 5.82 Å². The van der Waals surface area contributed by atoms with Gasteiger partial charge in [0.1, 0.15) is 11.9 Å². The summed E-state index contributed by atoms with van der Waals surface area (Å²) in [5, 5.41) is 18.6. The molecule has 2 heterocycles. The van der Waals surface area contributed by atoms with Gasteiger partial charge in [-0.05, 0) is 26.2 Å². The van der Waals surface area contributed by atoms with Crippen LogP contribution in [0.15, 0.2) is 12.4 Å². The van der Waals surface area contributed by atoms with Crippen LogP contribution in [0.5, 0.6) is 0 Å². The number of aromatic nitrogens is 2. The summed E-state index contributed by atoms with van der Waals surface area (Å²) in [5.74, 6) is 0.779. The third-order valence-electron chi connectivity index (χ3n) is 3.14. The summed E-state index contributed by atoms with van der Waals surface area (Å²) in [4.78, 5) is 10.3. The summed E-state index contributed by atoms with van der Waals surface area (Å²) in [6.07, 6.45) is 5.59. The van der Waals surface area contributed by atoms with Crippen LogP contribution in [-0.4, -0.2) is 33.8 Å². The van der Waals surface area contributed by atoms with Gasteiger partial charge in [-0.25, -0.2) is 9.97 Å². The van der Waals surface area contributed by atoms with E-state index in [1.807, 2.05) is 13.0 Å². The zero-order chi connectivity index (χ0) is 12.3. The molecule has 1 atom stereocenters. The molecule has 0 aromatic carbocycles. The minimum Gasteiger partial charge on any atom is -0.390 e. The molecular formula is C12H16N4O. The van der Waals surface area contributed by atoms with Gasteiger partial charge in [0.2, 0.25) is 0 Å². The lowest BCUT2D eigenvalue weighted by atomic mass is 9.98. The van der Waals surface area contributed by atoms with E-state index in [-0.39, 0.29) is 0 Å². The van der Waals surface area contributed by atoms with Gasteiger partial charge in [-0.1, -0.05) is 0 Å². The molecule has 1 N–H and O–H groups in total. The summed E-state index contributed by atoms with van der Waals surface area (Å²) in [5.41, 5.74) is -0.245. The predicted octanol–water partition coefficient (Wildman–Crippen LogP) is 1.09. The van der Waals surface area contributed by atoms with Crippen molar-refractivity contribution in [3.8, 4) is 6.07 Å². The average molecular weight is 232 g/mol. The summed E-state index contributed by atoms with van der Waals surface area (Å²) in [7, 11) is 0. The van der Waals surface area contributed by atoms with Gasteiger partial charge in [-0.2, -0.15) is 5.26 Å². The van der Waals surface area contributed by atoms with Crippen LogP contribution in [0.2, 0.25) is 0 Å². The Balaban J connectivity index is 2.09. The van der Waals surface area contributed by atoms with Gasteiger partial charge in [0.25, 0.3) is 0 Å². The van der Waals surface area contributed by atoms with Gasteiger partial charge >= 0.3 is 0 Å². The smallest absolute Gasteiger partial charge is 0.158 e. The number of anilines is 1. The molecule has 1 aromatic rings. The fourth-order valence-corrected chi connectivity index (χ4v) is 2.03. The zero-order valence-electron chi connectivity index (χ0n) is 9.93. The molecule has 0 spiro atoms. The largest absolute Gasteiger partial charge is 0.390 e. The summed E-state index contributed by atoms with van der Waals surface area (Å²) in [6.45, 7) is 3.52. The van der Waals surface area contributed by atoms with Crippen molar-refractivity contribution in [1.29, 1.82) is 5.26 Å². The fourth-order valence-electron chi connectivity index (χ4n) is 2.03. The Morgan fingerprint density at radius 2 is 2.18 bits per heavy atom. The Kier molecular flexibility index (Phi) is 3.25. The maximum absolute atomic E-state index is 10.00. The van der Waals surface area contributed by atoms with Crippen LogP contribution in [0, 0.1) is 11.3 Å². The van der Waals surface area contributed by atoms with Gasteiger partial charge < -0.3 is 10.0 Å². The van der Waals surface area contributed by atoms with E-state index in [0.29, 0.717) is 5.69 Å². The molecule has 1 aliphatic rings. The molecule has 17 heavy (non-hydrogen) atoms. The fraction of sp³-hybridized carbons (Fsp3) is 0.583. The van der Waals surface area contributed by atoms with E-state index >= 15 is 0 Å². The SMILES string of the molecule is CC1(O)CCCN(c2cnc(C#N)cn2)CC1. The molecule has 1 unspecified atom stereocenters. The maximum Gasteiger partial charge on any atom is 0.158 e.